The van der Waals surface area contributed by atoms with Crippen molar-refractivity contribution in [2.75, 3.05) is 13.2 Å². The van der Waals surface area contributed by atoms with Gasteiger partial charge in [-0.2, -0.15) is 0 Å². The fourth-order valence-corrected chi connectivity index (χ4v) is 2.66. The fraction of sp³-hybridized carbons (Fsp3) is 0.130. The maximum atomic E-state index is 13.0. The van der Waals surface area contributed by atoms with Crippen molar-refractivity contribution in [3.05, 3.63) is 101 Å². The van der Waals surface area contributed by atoms with E-state index in [1.54, 1.807) is 24.3 Å². The van der Waals surface area contributed by atoms with Crippen LogP contribution in [-0.4, -0.2) is 24.8 Å². The van der Waals surface area contributed by atoms with E-state index >= 15 is 0 Å². The Hall–Kier alpha value is -3.47. The van der Waals surface area contributed by atoms with Crippen molar-refractivity contribution in [1.82, 2.24) is 5.32 Å². The van der Waals surface area contributed by atoms with Crippen LogP contribution < -0.4 is 10.1 Å². The lowest BCUT2D eigenvalue weighted by Gasteiger charge is -2.08. The molecule has 0 radical (unpaired) electrons. The minimum Gasteiger partial charge on any atom is -0.484 e. The van der Waals surface area contributed by atoms with Gasteiger partial charge in [0.15, 0.2) is 12.4 Å². The molecule has 0 fully saturated rings. The smallest absolute Gasteiger partial charge is 0.257 e. The van der Waals surface area contributed by atoms with Gasteiger partial charge in [-0.15, -0.1) is 0 Å². The Bertz CT molecular complexity index is 922. The predicted octanol–water partition coefficient (Wildman–Crippen LogP) is 3.79. The molecule has 0 aliphatic carbocycles. The summed E-state index contributed by atoms with van der Waals surface area (Å²) in [5, 5.41) is 2.81. The van der Waals surface area contributed by atoms with Gasteiger partial charge in [0.05, 0.1) is 0 Å². The van der Waals surface area contributed by atoms with Crippen molar-refractivity contribution in [2.24, 2.45) is 0 Å². The van der Waals surface area contributed by atoms with Crippen molar-refractivity contribution in [3.8, 4) is 5.75 Å². The zero-order valence-corrected chi connectivity index (χ0v) is 15.2. The number of hydrogen-bond acceptors (Lipinski definition) is 3. The lowest BCUT2D eigenvalue weighted by atomic mass is 10.0. The molecular weight excluding hydrogens is 357 g/mol. The summed E-state index contributed by atoms with van der Waals surface area (Å²) in [6, 6.07) is 21.8. The molecule has 0 bridgehead atoms. The molecule has 0 spiro atoms. The van der Waals surface area contributed by atoms with E-state index in [0.717, 1.165) is 12.0 Å². The Morgan fingerprint density at radius 2 is 1.43 bits per heavy atom. The van der Waals surface area contributed by atoms with Crippen LogP contribution in [0.4, 0.5) is 4.39 Å². The van der Waals surface area contributed by atoms with Crippen molar-refractivity contribution in [1.29, 1.82) is 0 Å². The summed E-state index contributed by atoms with van der Waals surface area (Å²) < 4.78 is 18.4. The number of halogens is 1. The fourth-order valence-electron chi connectivity index (χ4n) is 2.66. The molecule has 0 aliphatic heterocycles. The molecular formula is C23H20FNO3. The van der Waals surface area contributed by atoms with E-state index in [2.05, 4.69) is 5.32 Å². The summed E-state index contributed by atoms with van der Waals surface area (Å²) >= 11 is 0. The lowest BCUT2D eigenvalue weighted by Crippen LogP contribution is -2.30. The quantitative estimate of drug-likeness (QED) is 0.608. The molecule has 0 unspecified atom stereocenters. The van der Waals surface area contributed by atoms with E-state index in [1.807, 2.05) is 30.3 Å². The van der Waals surface area contributed by atoms with Gasteiger partial charge in [-0.05, 0) is 60.5 Å². The van der Waals surface area contributed by atoms with Gasteiger partial charge in [-0.1, -0.05) is 30.3 Å². The van der Waals surface area contributed by atoms with E-state index in [-0.39, 0.29) is 24.1 Å². The molecule has 0 heterocycles. The summed E-state index contributed by atoms with van der Waals surface area (Å²) in [5.74, 6) is -0.302. The predicted molar refractivity (Wildman–Crippen MR) is 105 cm³/mol. The van der Waals surface area contributed by atoms with Gasteiger partial charge in [0.1, 0.15) is 11.6 Å². The van der Waals surface area contributed by atoms with E-state index in [9.17, 15) is 14.0 Å². The van der Waals surface area contributed by atoms with Gasteiger partial charge < -0.3 is 10.1 Å². The van der Waals surface area contributed by atoms with Crippen LogP contribution in [0.15, 0.2) is 78.9 Å². The van der Waals surface area contributed by atoms with Gasteiger partial charge in [-0.25, -0.2) is 4.39 Å². The van der Waals surface area contributed by atoms with Gasteiger partial charge in [0.2, 0.25) is 0 Å². The summed E-state index contributed by atoms with van der Waals surface area (Å²) in [6.07, 6.45) is 0.757. The summed E-state index contributed by atoms with van der Waals surface area (Å²) in [7, 11) is 0. The van der Waals surface area contributed by atoms with Crippen molar-refractivity contribution in [2.45, 2.75) is 6.42 Å². The number of ketones is 1. The van der Waals surface area contributed by atoms with E-state index in [4.69, 9.17) is 4.74 Å². The molecule has 0 saturated carbocycles. The highest BCUT2D eigenvalue weighted by atomic mass is 19.1. The van der Waals surface area contributed by atoms with E-state index < -0.39 is 0 Å². The van der Waals surface area contributed by atoms with Crippen molar-refractivity contribution >= 4 is 11.7 Å². The highest BCUT2D eigenvalue weighted by Crippen LogP contribution is 2.16. The number of carbonyl (C=O) groups is 2. The van der Waals surface area contributed by atoms with E-state index in [1.165, 1.54) is 24.3 Å². The number of ether oxygens (including phenoxy) is 1. The Morgan fingerprint density at radius 3 is 2.07 bits per heavy atom. The molecule has 3 rings (SSSR count). The highest BCUT2D eigenvalue weighted by molar-refractivity contribution is 6.09. The standard InChI is InChI=1S/C23H20FNO3/c24-20-10-6-18(7-11-20)23(27)19-8-12-21(13-9-19)28-16-22(26)25-15-14-17-4-2-1-3-5-17/h1-13H,14-16H2,(H,25,26). The van der Waals surface area contributed by atoms with Crippen LogP contribution in [0.25, 0.3) is 0 Å². The SMILES string of the molecule is O=C(COc1ccc(C(=O)c2ccc(F)cc2)cc1)NCCc1ccccc1. The number of carbonyl (C=O) groups excluding carboxylic acids is 2. The maximum absolute atomic E-state index is 13.0. The zero-order valence-electron chi connectivity index (χ0n) is 15.2. The molecule has 3 aromatic rings. The van der Waals surface area contributed by atoms with Gasteiger partial charge >= 0.3 is 0 Å². The number of benzene rings is 3. The third-order valence-electron chi connectivity index (χ3n) is 4.17. The number of rotatable bonds is 8. The first kappa shape index (κ1) is 19.3. The third-order valence-corrected chi connectivity index (χ3v) is 4.17. The Kier molecular flexibility index (Phi) is 6.52. The minimum atomic E-state index is -0.387. The van der Waals surface area contributed by atoms with E-state index in [0.29, 0.717) is 23.4 Å². The molecule has 0 aliphatic rings. The molecule has 3 aromatic carbocycles. The van der Waals surface area contributed by atoms with Crippen LogP contribution in [0.3, 0.4) is 0 Å². The zero-order chi connectivity index (χ0) is 19.8. The second kappa shape index (κ2) is 9.46. The summed E-state index contributed by atoms with van der Waals surface area (Å²) in [6.45, 7) is 0.442. The van der Waals surface area contributed by atoms with Crippen LogP contribution in [-0.2, 0) is 11.2 Å². The van der Waals surface area contributed by atoms with Gasteiger partial charge in [0.25, 0.3) is 5.91 Å². The van der Waals surface area contributed by atoms with Gasteiger partial charge in [0, 0.05) is 17.7 Å². The monoisotopic (exact) mass is 377 g/mol. The molecule has 1 N–H and O–H groups in total. The van der Waals surface area contributed by atoms with Crippen molar-refractivity contribution < 1.29 is 18.7 Å². The van der Waals surface area contributed by atoms with Crippen LogP contribution in [0, 0.1) is 5.82 Å². The topological polar surface area (TPSA) is 55.4 Å². The van der Waals surface area contributed by atoms with Crippen LogP contribution in [0.1, 0.15) is 21.5 Å². The molecule has 142 valence electrons. The molecule has 28 heavy (non-hydrogen) atoms. The highest BCUT2D eigenvalue weighted by Gasteiger charge is 2.09. The Labute approximate surface area is 163 Å². The molecule has 4 nitrogen and oxygen atoms in total. The number of nitrogens with one attached hydrogen (secondary N) is 1. The molecule has 0 saturated heterocycles. The first-order valence-corrected chi connectivity index (χ1v) is 8.95. The Morgan fingerprint density at radius 1 is 0.821 bits per heavy atom. The number of hydrogen-bond donors (Lipinski definition) is 1. The summed E-state index contributed by atoms with van der Waals surface area (Å²) in [4.78, 5) is 24.2. The largest absolute Gasteiger partial charge is 0.484 e. The normalized spacial score (nSPS) is 10.3. The number of amides is 1. The van der Waals surface area contributed by atoms with Crippen LogP contribution in [0.5, 0.6) is 5.75 Å². The summed E-state index contributed by atoms with van der Waals surface area (Å²) in [5.41, 5.74) is 2.03. The molecule has 5 heteroatoms. The average Bonchev–Trinajstić information content (AvgIpc) is 2.73. The van der Waals surface area contributed by atoms with Crippen LogP contribution in [0.2, 0.25) is 0 Å². The average molecular weight is 377 g/mol. The minimum absolute atomic E-state index is 0.0972. The van der Waals surface area contributed by atoms with Gasteiger partial charge in [-0.3, -0.25) is 9.59 Å². The third kappa shape index (κ3) is 5.51. The molecule has 0 aromatic heterocycles. The maximum Gasteiger partial charge on any atom is 0.257 e. The second-order valence-corrected chi connectivity index (χ2v) is 6.23. The molecule has 1 amide bonds. The lowest BCUT2D eigenvalue weighted by molar-refractivity contribution is -0.123. The van der Waals surface area contributed by atoms with Crippen LogP contribution >= 0.6 is 0 Å². The van der Waals surface area contributed by atoms with Crippen molar-refractivity contribution in [3.63, 3.8) is 0 Å². The Balaban J connectivity index is 1.45. The second-order valence-electron chi connectivity index (χ2n) is 6.23. The molecule has 0 atom stereocenters. The first-order valence-electron chi connectivity index (χ1n) is 8.95. The first-order chi connectivity index (χ1) is 13.6.